The lowest BCUT2D eigenvalue weighted by atomic mass is 9.43. The number of carbonyl (C=O) groups excluding carboxylic acids is 1. The Labute approximate surface area is 153 Å². The number of halogens is 3. The summed E-state index contributed by atoms with van der Waals surface area (Å²) in [7, 11) is 0. The Kier molecular flexibility index (Phi) is 3.96. The summed E-state index contributed by atoms with van der Waals surface area (Å²) in [4.78, 5) is 12.2. The van der Waals surface area contributed by atoms with Gasteiger partial charge in [-0.05, 0) is 74.0 Å². The van der Waals surface area contributed by atoms with Gasteiger partial charge in [0, 0.05) is 17.8 Å². The Morgan fingerprint density at radius 2 is 1.69 bits per heavy atom. The van der Waals surface area contributed by atoms with Gasteiger partial charge in [-0.25, -0.2) is 0 Å². The number of aliphatic hydroxyl groups is 1. The first-order valence-electron chi connectivity index (χ1n) is 10.3. The molecule has 8 atom stereocenters. The van der Waals surface area contributed by atoms with Gasteiger partial charge < -0.3 is 5.11 Å². The van der Waals surface area contributed by atoms with E-state index in [0.29, 0.717) is 36.9 Å². The number of alkyl halides is 3. The van der Waals surface area contributed by atoms with Gasteiger partial charge in [-0.1, -0.05) is 20.8 Å². The molecule has 4 fully saturated rings. The lowest BCUT2D eigenvalue weighted by Gasteiger charge is -2.61. The molecule has 0 amide bonds. The monoisotopic (exact) mass is 372 g/mol. The molecule has 1 N–H and O–H groups in total. The third-order valence-electron chi connectivity index (χ3n) is 9.43. The van der Waals surface area contributed by atoms with Crippen LogP contribution < -0.4 is 0 Å². The maximum Gasteiger partial charge on any atom is 0.417 e. The number of hydrogen-bond acceptors (Lipinski definition) is 2. The fourth-order valence-corrected chi connectivity index (χ4v) is 7.89. The summed E-state index contributed by atoms with van der Waals surface area (Å²) < 4.78 is 41.2. The summed E-state index contributed by atoms with van der Waals surface area (Å²) in [5.74, 6) is 1.41. The first-order chi connectivity index (χ1) is 11.9. The minimum absolute atomic E-state index is 0.0569. The van der Waals surface area contributed by atoms with Gasteiger partial charge in [-0.3, -0.25) is 4.79 Å². The molecule has 4 aliphatic rings. The zero-order chi connectivity index (χ0) is 19.1. The Balaban J connectivity index is 1.66. The van der Waals surface area contributed by atoms with Crippen LogP contribution in [-0.4, -0.2) is 22.7 Å². The van der Waals surface area contributed by atoms with Crippen molar-refractivity contribution in [2.45, 2.75) is 83.9 Å². The third-order valence-corrected chi connectivity index (χ3v) is 9.43. The lowest BCUT2D eigenvalue weighted by Crippen LogP contribution is -2.61. The van der Waals surface area contributed by atoms with Crippen LogP contribution in [0.3, 0.4) is 0 Å². The van der Waals surface area contributed by atoms with Crippen molar-refractivity contribution in [2.24, 2.45) is 40.4 Å². The van der Waals surface area contributed by atoms with E-state index in [1.807, 2.05) is 6.92 Å². The van der Waals surface area contributed by atoms with Crippen molar-refractivity contribution in [2.75, 3.05) is 0 Å². The Morgan fingerprint density at radius 1 is 1.04 bits per heavy atom. The van der Waals surface area contributed by atoms with E-state index in [9.17, 15) is 23.1 Å². The van der Waals surface area contributed by atoms with Crippen LogP contribution in [0.4, 0.5) is 13.2 Å². The quantitative estimate of drug-likeness (QED) is 0.639. The first kappa shape index (κ1) is 18.8. The predicted octanol–water partition coefficient (Wildman–Crippen LogP) is 5.14. The average molecular weight is 372 g/mol. The molecule has 0 aromatic rings. The van der Waals surface area contributed by atoms with Crippen LogP contribution >= 0.6 is 0 Å². The van der Waals surface area contributed by atoms with E-state index < -0.39 is 17.2 Å². The Hall–Kier alpha value is -0.580. The number of carbonyl (C=O) groups is 1. The highest BCUT2D eigenvalue weighted by Crippen LogP contribution is 2.70. The molecule has 0 aliphatic heterocycles. The fraction of sp³-hybridized carbons (Fsp3) is 0.952. The third kappa shape index (κ3) is 2.18. The predicted molar refractivity (Wildman–Crippen MR) is 92.3 cm³/mol. The SMILES string of the molecule is CC1C[C@@]2(C)C(CC[C@@H]3[C@H]2CC[C@@]2(C)[C@H]3CCC2(O)C(F)(F)F)CC1=O. The molecular formula is C21H31F3O2. The Bertz CT molecular complexity index is 617. The van der Waals surface area contributed by atoms with E-state index in [0.717, 1.165) is 25.7 Å². The van der Waals surface area contributed by atoms with E-state index in [-0.39, 0.29) is 29.6 Å². The second-order valence-corrected chi connectivity index (χ2v) is 10.3. The van der Waals surface area contributed by atoms with E-state index in [1.54, 1.807) is 6.92 Å². The van der Waals surface area contributed by atoms with Gasteiger partial charge in [-0.2, -0.15) is 13.2 Å². The topological polar surface area (TPSA) is 37.3 Å². The van der Waals surface area contributed by atoms with Gasteiger partial charge in [0.25, 0.3) is 0 Å². The van der Waals surface area contributed by atoms with Gasteiger partial charge in [0.2, 0.25) is 0 Å². The summed E-state index contributed by atoms with van der Waals surface area (Å²) in [5, 5.41) is 10.7. The van der Waals surface area contributed by atoms with Crippen molar-refractivity contribution < 1.29 is 23.1 Å². The van der Waals surface area contributed by atoms with Crippen LogP contribution in [0.25, 0.3) is 0 Å². The first-order valence-corrected chi connectivity index (χ1v) is 10.3. The van der Waals surface area contributed by atoms with Crippen molar-refractivity contribution in [3.05, 3.63) is 0 Å². The van der Waals surface area contributed by atoms with Crippen molar-refractivity contribution in [3.63, 3.8) is 0 Å². The number of hydrogen-bond donors (Lipinski definition) is 1. The molecular weight excluding hydrogens is 341 g/mol. The molecule has 4 rings (SSSR count). The second-order valence-electron chi connectivity index (χ2n) is 10.3. The van der Waals surface area contributed by atoms with Crippen LogP contribution in [0.2, 0.25) is 0 Å². The van der Waals surface area contributed by atoms with E-state index in [1.165, 1.54) is 0 Å². The van der Waals surface area contributed by atoms with Crippen molar-refractivity contribution in [1.29, 1.82) is 0 Å². The maximum atomic E-state index is 13.7. The minimum Gasteiger partial charge on any atom is -0.380 e. The van der Waals surface area contributed by atoms with Crippen LogP contribution in [0, 0.1) is 40.4 Å². The number of ketones is 1. The van der Waals surface area contributed by atoms with Gasteiger partial charge in [0.15, 0.2) is 5.60 Å². The summed E-state index contributed by atoms with van der Waals surface area (Å²) in [6.45, 7) is 6.00. The van der Waals surface area contributed by atoms with Crippen LogP contribution in [-0.2, 0) is 4.79 Å². The van der Waals surface area contributed by atoms with E-state index in [4.69, 9.17) is 0 Å². The highest BCUT2D eigenvalue weighted by Gasteiger charge is 2.72. The highest BCUT2D eigenvalue weighted by atomic mass is 19.4. The lowest BCUT2D eigenvalue weighted by molar-refractivity contribution is -0.304. The fourth-order valence-electron chi connectivity index (χ4n) is 7.89. The zero-order valence-electron chi connectivity index (χ0n) is 16.0. The maximum absolute atomic E-state index is 13.7. The largest absolute Gasteiger partial charge is 0.417 e. The summed E-state index contributed by atoms with van der Waals surface area (Å²) >= 11 is 0. The van der Waals surface area contributed by atoms with Crippen molar-refractivity contribution >= 4 is 5.78 Å². The van der Waals surface area contributed by atoms with Crippen LogP contribution in [0.1, 0.15) is 72.1 Å². The van der Waals surface area contributed by atoms with Crippen molar-refractivity contribution in [1.82, 2.24) is 0 Å². The molecule has 148 valence electrons. The van der Waals surface area contributed by atoms with Gasteiger partial charge in [-0.15, -0.1) is 0 Å². The molecule has 2 nitrogen and oxygen atoms in total. The molecule has 0 aromatic carbocycles. The van der Waals surface area contributed by atoms with Crippen molar-refractivity contribution in [3.8, 4) is 0 Å². The molecule has 5 heteroatoms. The van der Waals surface area contributed by atoms with Gasteiger partial charge in [0.05, 0.1) is 0 Å². The minimum atomic E-state index is -4.56. The number of rotatable bonds is 0. The Morgan fingerprint density at radius 3 is 2.35 bits per heavy atom. The summed E-state index contributed by atoms with van der Waals surface area (Å²) in [6.07, 6.45) is 0.354. The zero-order valence-corrected chi connectivity index (χ0v) is 16.0. The standard InChI is InChI=1S/C21H31F3O2/c1-12-11-18(2)13(10-17(12)25)4-5-14-15(18)6-8-19(3)16(14)7-9-20(19,26)21(22,23)24/h12-16,26H,4-11H2,1-3H3/t12?,13?,14-,15-,16+,18+,19+,20?/m1/s1. The number of Topliss-reactive ketones (excluding diaryl/α,β-unsaturated/α-hetero) is 1. The van der Waals surface area contributed by atoms with E-state index >= 15 is 0 Å². The summed E-state index contributed by atoms with van der Waals surface area (Å²) in [5.41, 5.74) is -3.54. The molecule has 0 heterocycles. The molecule has 4 aliphatic carbocycles. The van der Waals surface area contributed by atoms with Gasteiger partial charge >= 0.3 is 6.18 Å². The highest BCUT2D eigenvalue weighted by molar-refractivity contribution is 5.82. The smallest absolute Gasteiger partial charge is 0.380 e. The second kappa shape index (κ2) is 5.48. The molecule has 3 unspecified atom stereocenters. The molecule has 0 saturated heterocycles. The molecule has 0 radical (unpaired) electrons. The molecule has 0 aromatic heterocycles. The van der Waals surface area contributed by atoms with E-state index in [2.05, 4.69) is 6.92 Å². The molecule has 0 spiro atoms. The molecule has 4 saturated carbocycles. The normalized spacial score (nSPS) is 54.4. The van der Waals surface area contributed by atoms with Crippen LogP contribution in [0.15, 0.2) is 0 Å². The summed E-state index contributed by atoms with van der Waals surface area (Å²) in [6, 6.07) is 0. The molecule has 0 bridgehead atoms. The molecule has 26 heavy (non-hydrogen) atoms. The van der Waals surface area contributed by atoms with Crippen LogP contribution in [0.5, 0.6) is 0 Å². The number of fused-ring (bicyclic) bond motifs is 5. The average Bonchev–Trinajstić information content (AvgIpc) is 2.82. The van der Waals surface area contributed by atoms with Gasteiger partial charge in [0.1, 0.15) is 5.78 Å².